The molecule has 1 saturated carbocycles. The number of phosphoric ester groups is 1. The van der Waals surface area contributed by atoms with Crippen LogP contribution in [0.3, 0.4) is 0 Å². The Hall–Kier alpha value is -2.71. The van der Waals surface area contributed by atoms with Crippen LogP contribution in [0.1, 0.15) is 142 Å². The van der Waals surface area contributed by atoms with Gasteiger partial charge in [-0.3, -0.25) is 14.2 Å². The summed E-state index contributed by atoms with van der Waals surface area (Å²) in [6.45, 7) is 2.93. The van der Waals surface area contributed by atoms with Gasteiger partial charge < -0.3 is 48.9 Å². The van der Waals surface area contributed by atoms with Gasteiger partial charge in [-0.25, -0.2) is 0 Å². The fourth-order valence-electron chi connectivity index (χ4n) is 6.07. The van der Waals surface area contributed by atoms with E-state index in [9.17, 15) is 44.6 Å². The van der Waals surface area contributed by atoms with E-state index < -0.39 is 75.7 Å². The molecule has 0 aromatic rings. The van der Waals surface area contributed by atoms with Crippen molar-refractivity contribution in [3.63, 3.8) is 0 Å². The number of carbonyl (C=O) groups excluding carboxylic acids is 2. The number of aliphatic hydroxyl groups is 5. The zero-order valence-electron chi connectivity index (χ0n) is 35.5. The van der Waals surface area contributed by atoms with Crippen LogP contribution in [0.5, 0.6) is 0 Å². The van der Waals surface area contributed by atoms with Crippen molar-refractivity contribution in [3.8, 4) is 0 Å². The number of ether oxygens (including phenoxy) is 2. The Morgan fingerprint density at radius 2 is 0.932 bits per heavy atom. The lowest BCUT2D eigenvalue weighted by molar-refractivity contribution is -0.261. The molecule has 0 aromatic carbocycles. The topological polar surface area (TPSA) is 212 Å². The maximum Gasteiger partial charge on any atom is 0.306 e. The van der Waals surface area contributed by atoms with Crippen LogP contribution < -0.4 is 4.89 Å². The largest absolute Gasteiger partial charge is 0.756 e. The highest BCUT2D eigenvalue weighted by Crippen LogP contribution is 2.43. The molecule has 1 aliphatic carbocycles. The van der Waals surface area contributed by atoms with Crippen LogP contribution in [0.2, 0.25) is 0 Å². The molecule has 5 N–H and O–H groups in total. The quantitative estimate of drug-likeness (QED) is 0.0186. The normalized spacial score (nSPS) is 23.1. The van der Waals surface area contributed by atoms with E-state index in [-0.39, 0.29) is 12.8 Å². The van der Waals surface area contributed by atoms with Crippen molar-refractivity contribution in [1.29, 1.82) is 0 Å². The van der Waals surface area contributed by atoms with Crippen molar-refractivity contribution in [2.24, 2.45) is 0 Å². The van der Waals surface area contributed by atoms with E-state index in [1.165, 1.54) is 0 Å². The van der Waals surface area contributed by atoms with Crippen LogP contribution in [-0.2, 0) is 32.7 Å². The minimum absolute atomic E-state index is 0.0536. The summed E-state index contributed by atoms with van der Waals surface area (Å²) in [5, 5.41) is 50.0. The summed E-state index contributed by atoms with van der Waals surface area (Å²) in [7, 11) is -5.38. The number of hydrogen-bond donors (Lipinski definition) is 5. The number of aliphatic hydroxyl groups excluding tert-OH is 5. The lowest BCUT2D eigenvalue weighted by atomic mass is 9.85. The monoisotopic (exact) mass is 853 g/mol. The van der Waals surface area contributed by atoms with Gasteiger partial charge in [-0.2, -0.15) is 0 Å². The summed E-state index contributed by atoms with van der Waals surface area (Å²) in [4.78, 5) is 37.9. The van der Waals surface area contributed by atoms with E-state index in [2.05, 4.69) is 86.8 Å². The first-order valence-corrected chi connectivity index (χ1v) is 23.2. The Morgan fingerprint density at radius 1 is 0.542 bits per heavy atom. The molecule has 0 radical (unpaired) electrons. The molecular weight excluding hydrogens is 779 g/mol. The Balaban J connectivity index is 2.52. The van der Waals surface area contributed by atoms with Crippen LogP contribution in [0.15, 0.2) is 72.9 Å². The molecule has 0 bridgehead atoms. The highest BCUT2D eigenvalue weighted by atomic mass is 31.2. The van der Waals surface area contributed by atoms with Crippen molar-refractivity contribution in [2.75, 3.05) is 13.2 Å². The standard InChI is InChI=1S/C45H75O13P/c1-3-5-7-9-11-13-15-17-19-21-23-25-27-29-31-33-38(46)55-35-37(36-56-59(53,54)58-45-43(51)41(49)40(48)42(50)44(45)52)57-39(47)34-32-30-28-26-24-22-20-18-16-14-12-10-8-6-4-2/h5-8,11-14,17-20,37,40-45,48-52H,3-4,9-10,15-16,21-36H2,1-2H3,(H,53,54)/p-1/b7-5-,8-6-,13-11-,14-12-,19-17-,20-18-/t37-,40?,41-,42+,43-,44-,45?/m1/s1. The first kappa shape index (κ1) is 54.3. The zero-order valence-corrected chi connectivity index (χ0v) is 36.4. The number of carbonyl (C=O) groups is 2. The molecule has 13 nitrogen and oxygen atoms in total. The van der Waals surface area contributed by atoms with Gasteiger partial charge in [0.1, 0.15) is 43.2 Å². The first-order chi connectivity index (χ1) is 28.4. The third-order valence-electron chi connectivity index (χ3n) is 9.53. The molecule has 14 heteroatoms. The van der Waals surface area contributed by atoms with E-state index in [1.54, 1.807) is 0 Å². The third kappa shape index (κ3) is 27.7. The number of esters is 2. The molecule has 1 rings (SSSR count). The van der Waals surface area contributed by atoms with Gasteiger partial charge >= 0.3 is 11.9 Å². The highest BCUT2D eigenvalue weighted by molar-refractivity contribution is 7.45. The first-order valence-electron chi connectivity index (χ1n) is 21.7. The second kappa shape index (κ2) is 34.9. The third-order valence-corrected chi connectivity index (χ3v) is 10.5. The molecule has 0 aromatic heterocycles. The van der Waals surface area contributed by atoms with Crippen LogP contribution in [0.25, 0.3) is 0 Å². The number of hydrogen-bond acceptors (Lipinski definition) is 13. The molecule has 0 aliphatic heterocycles. The molecule has 0 spiro atoms. The van der Waals surface area contributed by atoms with Crippen molar-refractivity contribution < 1.29 is 63.1 Å². The van der Waals surface area contributed by atoms with Crippen LogP contribution >= 0.6 is 7.82 Å². The zero-order chi connectivity index (χ0) is 43.6. The Morgan fingerprint density at radius 3 is 1.41 bits per heavy atom. The van der Waals surface area contributed by atoms with Gasteiger partial charge in [0.15, 0.2) is 6.10 Å². The minimum atomic E-state index is -5.38. The number of unbranched alkanes of at least 4 members (excludes halogenated alkanes) is 10. The Kier molecular flexibility index (Phi) is 32.2. The Bertz CT molecular complexity index is 1310. The molecule has 1 aliphatic rings. The Labute approximate surface area is 353 Å². The van der Waals surface area contributed by atoms with Crippen molar-refractivity contribution in [3.05, 3.63) is 72.9 Å². The summed E-state index contributed by atoms with van der Waals surface area (Å²) in [6, 6.07) is 0. The summed E-state index contributed by atoms with van der Waals surface area (Å²) >= 11 is 0. The molecule has 338 valence electrons. The molecule has 0 heterocycles. The molecule has 0 amide bonds. The summed E-state index contributed by atoms with van der Waals surface area (Å²) in [6.07, 6.45) is 29.2. The summed E-state index contributed by atoms with van der Waals surface area (Å²) < 4.78 is 33.1. The van der Waals surface area contributed by atoms with E-state index >= 15 is 0 Å². The maximum atomic E-state index is 12.7. The average Bonchev–Trinajstić information content (AvgIpc) is 3.21. The van der Waals surface area contributed by atoms with Crippen molar-refractivity contribution in [2.45, 2.75) is 185 Å². The lowest BCUT2D eigenvalue weighted by Crippen LogP contribution is -2.64. The molecule has 3 unspecified atom stereocenters. The predicted octanol–water partition coefficient (Wildman–Crippen LogP) is 7.31. The second-order valence-electron chi connectivity index (χ2n) is 14.8. The van der Waals surface area contributed by atoms with Crippen molar-refractivity contribution in [1.82, 2.24) is 0 Å². The molecule has 8 atom stereocenters. The lowest BCUT2D eigenvalue weighted by Gasteiger charge is -2.43. The van der Waals surface area contributed by atoms with Crippen molar-refractivity contribution >= 4 is 19.8 Å². The van der Waals surface area contributed by atoms with Gasteiger partial charge in [0.05, 0.1) is 6.61 Å². The fraction of sp³-hybridized carbons (Fsp3) is 0.689. The van der Waals surface area contributed by atoms with E-state index in [1.807, 2.05) is 0 Å². The SMILES string of the molecule is CC/C=C\C/C=C\C/C=C\CCCCCCCC(=O)OC[C@H](COP(=O)([O-])OC1[C@H](O)[C@H](O)C(O)[C@H](O)[C@H]1O)OC(=O)CCCCCCC/C=C\C/C=C\C/C=C\CC. The molecule has 0 saturated heterocycles. The summed E-state index contributed by atoms with van der Waals surface area (Å²) in [5.41, 5.74) is 0. The van der Waals surface area contributed by atoms with Gasteiger partial charge in [-0.1, -0.05) is 125 Å². The molecule has 1 fully saturated rings. The number of allylic oxidation sites excluding steroid dienone is 12. The molecule has 59 heavy (non-hydrogen) atoms. The fourth-order valence-corrected chi connectivity index (χ4v) is 7.03. The van der Waals surface area contributed by atoms with Crippen LogP contribution in [-0.4, -0.2) is 93.4 Å². The second-order valence-corrected chi connectivity index (χ2v) is 16.1. The van der Waals surface area contributed by atoms with E-state index in [0.29, 0.717) is 12.8 Å². The smallest absolute Gasteiger partial charge is 0.306 e. The minimum Gasteiger partial charge on any atom is -0.756 e. The van der Waals surface area contributed by atoms with Crippen LogP contribution in [0, 0.1) is 0 Å². The van der Waals surface area contributed by atoms with Gasteiger partial charge in [0.2, 0.25) is 0 Å². The summed E-state index contributed by atoms with van der Waals surface area (Å²) in [5.74, 6) is -1.18. The van der Waals surface area contributed by atoms with E-state index in [0.717, 1.165) is 103 Å². The maximum absolute atomic E-state index is 12.7. The number of phosphoric acid groups is 1. The van der Waals surface area contributed by atoms with Gasteiger partial charge in [-0.15, -0.1) is 0 Å². The van der Waals surface area contributed by atoms with Gasteiger partial charge in [-0.05, 0) is 77.0 Å². The predicted molar refractivity (Wildman–Crippen MR) is 228 cm³/mol. The molecular formula is C45H74O13P-. The highest BCUT2D eigenvalue weighted by Gasteiger charge is 2.50. The van der Waals surface area contributed by atoms with Gasteiger partial charge in [0.25, 0.3) is 7.82 Å². The van der Waals surface area contributed by atoms with Crippen LogP contribution in [0.4, 0.5) is 0 Å². The average molecular weight is 854 g/mol. The number of rotatable bonds is 34. The van der Waals surface area contributed by atoms with E-state index in [4.69, 9.17) is 18.5 Å². The van der Waals surface area contributed by atoms with Gasteiger partial charge in [0, 0.05) is 12.8 Å².